The largest absolute Gasteiger partial charge is 0.497 e. The fourth-order valence-corrected chi connectivity index (χ4v) is 4.41. The molecule has 0 aliphatic heterocycles. The number of ether oxygens (including phenoxy) is 1. The molecule has 152 valence electrons. The zero-order valence-corrected chi connectivity index (χ0v) is 17.3. The number of nitro groups is 1. The summed E-state index contributed by atoms with van der Waals surface area (Å²) in [5.41, 5.74) is 1.04. The van der Waals surface area contributed by atoms with Crippen molar-refractivity contribution in [3.63, 3.8) is 0 Å². The molecule has 0 unspecified atom stereocenters. The van der Waals surface area contributed by atoms with Crippen LogP contribution in [0.1, 0.15) is 19.4 Å². The molecule has 0 aromatic heterocycles. The van der Waals surface area contributed by atoms with E-state index in [0.717, 1.165) is 17.4 Å². The monoisotopic (exact) mass is 407 g/mol. The number of benzene rings is 2. The highest BCUT2D eigenvalue weighted by Gasteiger charge is 2.26. The van der Waals surface area contributed by atoms with E-state index in [4.69, 9.17) is 4.74 Å². The van der Waals surface area contributed by atoms with Crippen molar-refractivity contribution in [1.82, 2.24) is 4.31 Å². The van der Waals surface area contributed by atoms with Gasteiger partial charge in [0, 0.05) is 32.7 Å². The third-order valence-electron chi connectivity index (χ3n) is 4.48. The highest BCUT2D eigenvalue weighted by Crippen LogP contribution is 2.32. The van der Waals surface area contributed by atoms with Gasteiger partial charge in [0.05, 0.1) is 16.9 Å². The lowest BCUT2D eigenvalue weighted by Crippen LogP contribution is -2.30. The van der Waals surface area contributed by atoms with Gasteiger partial charge in [0.25, 0.3) is 5.69 Å². The standard InChI is InChI=1S/C19H25N3O5S/c1-5-21(6-2)28(25,26)17-11-12-18(19(13-17)22(23)24)20(3)14-15-7-9-16(27-4)10-8-15/h7-13H,5-6,14H2,1-4H3. The Balaban J connectivity index is 2.37. The van der Waals surface area contributed by atoms with Crippen molar-refractivity contribution in [3.8, 4) is 5.75 Å². The van der Waals surface area contributed by atoms with Crippen LogP contribution in [0, 0.1) is 10.1 Å². The second-order valence-corrected chi connectivity index (χ2v) is 8.14. The summed E-state index contributed by atoms with van der Waals surface area (Å²) in [6.07, 6.45) is 0. The third kappa shape index (κ3) is 4.60. The predicted molar refractivity (Wildman–Crippen MR) is 108 cm³/mol. The highest BCUT2D eigenvalue weighted by molar-refractivity contribution is 7.89. The maximum atomic E-state index is 12.7. The molecule has 0 fully saturated rings. The van der Waals surface area contributed by atoms with Crippen molar-refractivity contribution in [3.05, 3.63) is 58.1 Å². The molecule has 0 saturated carbocycles. The number of methoxy groups -OCH3 is 1. The summed E-state index contributed by atoms with van der Waals surface area (Å²) in [6.45, 7) is 4.48. The molecule has 0 aliphatic rings. The average molecular weight is 407 g/mol. The number of rotatable bonds is 9. The molecular weight excluding hydrogens is 382 g/mol. The Labute approximate surface area is 165 Å². The minimum Gasteiger partial charge on any atom is -0.497 e. The summed E-state index contributed by atoms with van der Waals surface area (Å²) in [4.78, 5) is 12.7. The number of hydrogen-bond donors (Lipinski definition) is 0. The van der Waals surface area contributed by atoms with Gasteiger partial charge in [0.1, 0.15) is 11.4 Å². The summed E-state index contributed by atoms with van der Waals surface area (Å²) in [6, 6.07) is 11.4. The van der Waals surface area contributed by atoms with Crippen molar-refractivity contribution in [2.75, 3.05) is 32.1 Å². The van der Waals surface area contributed by atoms with Crippen LogP contribution in [0.5, 0.6) is 5.75 Å². The lowest BCUT2D eigenvalue weighted by atomic mass is 10.2. The first kappa shape index (κ1) is 21.6. The molecule has 0 radical (unpaired) electrons. The van der Waals surface area contributed by atoms with Gasteiger partial charge in [-0.3, -0.25) is 10.1 Å². The van der Waals surface area contributed by atoms with Gasteiger partial charge in [0.15, 0.2) is 0 Å². The summed E-state index contributed by atoms with van der Waals surface area (Å²) >= 11 is 0. The minimum atomic E-state index is -3.77. The number of nitrogens with zero attached hydrogens (tertiary/aromatic N) is 3. The van der Waals surface area contributed by atoms with E-state index in [1.165, 1.54) is 16.4 Å². The fourth-order valence-electron chi connectivity index (χ4n) is 2.94. The van der Waals surface area contributed by atoms with Crippen molar-refractivity contribution < 1.29 is 18.1 Å². The lowest BCUT2D eigenvalue weighted by molar-refractivity contribution is -0.384. The van der Waals surface area contributed by atoms with E-state index in [9.17, 15) is 18.5 Å². The summed E-state index contributed by atoms with van der Waals surface area (Å²) < 4.78 is 31.8. The number of sulfonamides is 1. The first-order valence-electron chi connectivity index (χ1n) is 8.87. The van der Waals surface area contributed by atoms with E-state index in [2.05, 4.69) is 0 Å². The zero-order valence-electron chi connectivity index (χ0n) is 16.5. The van der Waals surface area contributed by atoms with Gasteiger partial charge >= 0.3 is 0 Å². The van der Waals surface area contributed by atoms with Gasteiger partial charge in [0.2, 0.25) is 10.0 Å². The Kier molecular flexibility index (Phi) is 6.98. The molecule has 0 amide bonds. The number of hydrogen-bond acceptors (Lipinski definition) is 6. The molecule has 0 saturated heterocycles. The Bertz CT molecular complexity index is 925. The van der Waals surface area contributed by atoms with Crippen LogP contribution in [0.3, 0.4) is 0 Å². The van der Waals surface area contributed by atoms with Crippen LogP contribution in [0.4, 0.5) is 11.4 Å². The third-order valence-corrected chi connectivity index (χ3v) is 6.52. The Morgan fingerprint density at radius 1 is 1.07 bits per heavy atom. The smallest absolute Gasteiger partial charge is 0.293 e. The molecule has 0 atom stereocenters. The minimum absolute atomic E-state index is 0.0792. The quantitative estimate of drug-likeness (QED) is 0.468. The van der Waals surface area contributed by atoms with Gasteiger partial charge in [-0.1, -0.05) is 26.0 Å². The van der Waals surface area contributed by atoms with Crippen molar-refractivity contribution >= 4 is 21.4 Å². The summed E-state index contributed by atoms with van der Waals surface area (Å²) in [5.74, 6) is 0.725. The molecule has 0 bridgehead atoms. The molecule has 0 N–H and O–H groups in total. The molecule has 28 heavy (non-hydrogen) atoms. The van der Waals surface area contributed by atoms with E-state index < -0.39 is 14.9 Å². The Morgan fingerprint density at radius 3 is 2.18 bits per heavy atom. The fraction of sp³-hybridized carbons (Fsp3) is 0.368. The molecular formula is C19H25N3O5S. The van der Waals surface area contributed by atoms with Crippen molar-refractivity contribution in [2.24, 2.45) is 0 Å². The van der Waals surface area contributed by atoms with Crippen LogP contribution < -0.4 is 9.64 Å². The molecule has 0 aliphatic carbocycles. The first-order chi connectivity index (χ1) is 13.2. The van der Waals surface area contributed by atoms with E-state index in [1.54, 1.807) is 32.9 Å². The van der Waals surface area contributed by atoms with E-state index >= 15 is 0 Å². The van der Waals surface area contributed by atoms with Crippen molar-refractivity contribution in [1.29, 1.82) is 0 Å². The Morgan fingerprint density at radius 2 is 1.68 bits per heavy atom. The van der Waals surface area contributed by atoms with Crippen LogP contribution >= 0.6 is 0 Å². The molecule has 0 heterocycles. The Hall–Kier alpha value is -2.65. The van der Waals surface area contributed by atoms with Crippen LogP contribution in [-0.4, -0.2) is 44.9 Å². The summed E-state index contributed by atoms with van der Waals surface area (Å²) in [7, 11) is -0.461. The highest BCUT2D eigenvalue weighted by atomic mass is 32.2. The zero-order chi connectivity index (χ0) is 20.9. The van der Waals surface area contributed by atoms with E-state index in [0.29, 0.717) is 25.3 Å². The first-order valence-corrected chi connectivity index (χ1v) is 10.3. The maximum absolute atomic E-state index is 12.7. The normalized spacial score (nSPS) is 11.5. The number of anilines is 1. The topological polar surface area (TPSA) is 93.0 Å². The second kappa shape index (κ2) is 9.03. The van der Waals surface area contributed by atoms with Crippen LogP contribution in [0.15, 0.2) is 47.4 Å². The second-order valence-electron chi connectivity index (χ2n) is 6.20. The molecule has 2 aromatic rings. The maximum Gasteiger partial charge on any atom is 0.293 e. The summed E-state index contributed by atoms with van der Waals surface area (Å²) in [5, 5.41) is 11.6. The average Bonchev–Trinajstić information content (AvgIpc) is 2.68. The van der Waals surface area contributed by atoms with Crippen LogP contribution in [0.25, 0.3) is 0 Å². The lowest BCUT2D eigenvalue weighted by Gasteiger charge is -2.21. The molecule has 0 spiro atoms. The van der Waals surface area contributed by atoms with Crippen molar-refractivity contribution in [2.45, 2.75) is 25.3 Å². The van der Waals surface area contributed by atoms with Gasteiger partial charge in [-0.2, -0.15) is 4.31 Å². The van der Waals surface area contributed by atoms with Crippen LogP contribution in [0.2, 0.25) is 0 Å². The van der Waals surface area contributed by atoms with E-state index in [-0.39, 0.29) is 10.6 Å². The van der Waals surface area contributed by atoms with Gasteiger partial charge in [-0.05, 0) is 29.8 Å². The molecule has 8 nitrogen and oxygen atoms in total. The van der Waals surface area contributed by atoms with Gasteiger partial charge < -0.3 is 9.64 Å². The van der Waals surface area contributed by atoms with Gasteiger partial charge in [-0.15, -0.1) is 0 Å². The van der Waals surface area contributed by atoms with E-state index in [1.807, 2.05) is 24.3 Å². The number of nitro benzene ring substituents is 1. The van der Waals surface area contributed by atoms with Gasteiger partial charge in [-0.25, -0.2) is 8.42 Å². The molecule has 9 heteroatoms. The molecule has 2 aromatic carbocycles. The van der Waals surface area contributed by atoms with Crippen LogP contribution in [-0.2, 0) is 16.6 Å². The SMILES string of the molecule is CCN(CC)S(=O)(=O)c1ccc(N(C)Cc2ccc(OC)cc2)c([N+](=O)[O-])c1. The molecule has 2 rings (SSSR count). The predicted octanol–water partition coefficient (Wildman–Crippen LogP) is 3.27.